The van der Waals surface area contributed by atoms with Gasteiger partial charge in [-0.1, -0.05) is 54.6 Å². The molecule has 1 aliphatic heterocycles. The highest BCUT2D eigenvalue weighted by atomic mass is 16.5. The molecule has 0 saturated carbocycles. The van der Waals surface area contributed by atoms with Gasteiger partial charge in [0, 0.05) is 17.4 Å². The molecule has 0 aliphatic carbocycles. The van der Waals surface area contributed by atoms with Gasteiger partial charge >= 0.3 is 0 Å². The molecular formula is C30H19N3O. The van der Waals surface area contributed by atoms with Gasteiger partial charge in [0.1, 0.15) is 6.07 Å². The van der Waals surface area contributed by atoms with Gasteiger partial charge in [-0.25, -0.2) is 0 Å². The van der Waals surface area contributed by atoms with Gasteiger partial charge in [0.2, 0.25) is 0 Å². The zero-order chi connectivity index (χ0) is 22.9. The minimum absolute atomic E-state index is 0.565. The Morgan fingerprint density at radius 3 is 2.03 bits per heavy atom. The Balaban J connectivity index is 1.46. The van der Waals surface area contributed by atoms with Crippen LogP contribution in [0.5, 0.6) is 11.5 Å². The third-order valence-electron chi connectivity index (χ3n) is 5.93. The number of benzene rings is 4. The molecule has 5 aromatic rings. The fourth-order valence-electron chi connectivity index (χ4n) is 4.38. The summed E-state index contributed by atoms with van der Waals surface area (Å²) in [5, 5.41) is 9.50. The molecule has 0 amide bonds. The number of nitriles is 1. The Kier molecular flexibility index (Phi) is 4.79. The average molecular weight is 438 g/mol. The molecule has 0 unspecified atom stereocenters. The van der Waals surface area contributed by atoms with Crippen molar-refractivity contribution in [2.24, 2.45) is 0 Å². The van der Waals surface area contributed by atoms with Gasteiger partial charge in [0.05, 0.1) is 22.6 Å². The lowest BCUT2D eigenvalue weighted by molar-refractivity contribution is 0.477. The summed E-state index contributed by atoms with van der Waals surface area (Å²) in [4.78, 5) is 6.68. The van der Waals surface area contributed by atoms with Crippen LogP contribution < -0.4 is 9.64 Å². The monoisotopic (exact) mass is 437 g/mol. The summed E-state index contributed by atoms with van der Waals surface area (Å²) < 4.78 is 6.16. The molecule has 0 bridgehead atoms. The second kappa shape index (κ2) is 8.23. The van der Waals surface area contributed by atoms with Crippen molar-refractivity contribution in [1.29, 1.82) is 5.26 Å². The lowest BCUT2D eigenvalue weighted by Gasteiger charge is -2.33. The number of rotatable bonds is 3. The number of ether oxygens (including phenoxy) is 1. The number of para-hydroxylation sites is 4. The highest BCUT2D eigenvalue weighted by Crippen LogP contribution is 2.50. The van der Waals surface area contributed by atoms with Crippen molar-refractivity contribution in [3.63, 3.8) is 0 Å². The van der Waals surface area contributed by atoms with Gasteiger partial charge in [-0.3, -0.25) is 4.98 Å². The molecule has 0 N–H and O–H groups in total. The smallest absolute Gasteiger partial charge is 0.151 e. The maximum atomic E-state index is 9.50. The summed E-state index contributed by atoms with van der Waals surface area (Å²) in [5.41, 5.74) is 7.36. The summed E-state index contributed by atoms with van der Waals surface area (Å²) in [6, 6.07) is 38.6. The predicted octanol–water partition coefficient (Wildman–Crippen LogP) is 7.86. The molecule has 0 saturated heterocycles. The Labute approximate surface area is 198 Å². The summed E-state index contributed by atoms with van der Waals surface area (Å²) in [6.07, 6.45) is 1.72. The van der Waals surface area contributed by atoms with E-state index in [0.29, 0.717) is 11.3 Å². The van der Waals surface area contributed by atoms with Crippen LogP contribution in [0.25, 0.3) is 22.4 Å². The SMILES string of the molecule is N#Cc1cccnc1-c1cccc(-c2cccc(N3c4ccccc4Oc4ccccc43)c2)c1. The first-order chi connectivity index (χ1) is 16.8. The number of anilines is 3. The average Bonchev–Trinajstić information content (AvgIpc) is 2.91. The minimum atomic E-state index is 0.565. The van der Waals surface area contributed by atoms with Gasteiger partial charge in [-0.05, 0) is 65.7 Å². The first-order valence-electron chi connectivity index (χ1n) is 11.0. The van der Waals surface area contributed by atoms with Crippen molar-refractivity contribution in [3.8, 4) is 40.0 Å². The van der Waals surface area contributed by atoms with E-state index in [2.05, 4.69) is 64.5 Å². The molecule has 0 spiro atoms. The summed E-state index contributed by atoms with van der Waals surface area (Å²) in [7, 11) is 0. The van der Waals surface area contributed by atoms with Gasteiger partial charge in [0.25, 0.3) is 0 Å². The maximum absolute atomic E-state index is 9.50. The van der Waals surface area contributed by atoms with Crippen molar-refractivity contribution in [2.45, 2.75) is 0 Å². The van der Waals surface area contributed by atoms with E-state index in [-0.39, 0.29) is 0 Å². The molecule has 0 radical (unpaired) electrons. The molecule has 2 heterocycles. The number of nitrogens with zero attached hydrogens (tertiary/aromatic N) is 3. The van der Waals surface area contributed by atoms with E-state index in [1.165, 1.54) is 0 Å². The maximum Gasteiger partial charge on any atom is 0.151 e. The molecule has 1 aliphatic rings. The predicted molar refractivity (Wildman–Crippen MR) is 135 cm³/mol. The second-order valence-corrected chi connectivity index (χ2v) is 8.02. The van der Waals surface area contributed by atoms with Crippen LogP contribution in [0.1, 0.15) is 5.56 Å². The van der Waals surface area contributed by atoms with Gasteiger partial charge in [-0.2, -0.15) is 5.26 Å². The first-order valence-corrected chi connectivity index (χ1v) is 11.0. The van der Waals surface area contributed by atoms with E-state index >= 15 is 0 Å². The molecular weight excluding hydrogens is 418 g/mol. The van der Waals surface area contributed by atoms with E-state index < -0.39 is 0 Å². The Bertz CT molecular complexity index is 1520. The normalized spacial score (nSPS) is 11.7. The Morgan fingerprint density at radius 2 is 1.29 bits per heavy atom. The summed E-state index contributed by atoms with van der Waals surface area (Å²) in [5.74, 6) is 1.65. The zero-order valence-corrected chi connectivity index (χ0v) is 18.2. The number of hydrogen-bond acceptors (Lipinski definition) is 4. The van der Waals surface area contributed by atoms with E-state index in [1.54, 1.807) is 18.3 Å². The van der Waals surface area contributed by atoms with E-state index in [4.69, 9.17) is 4.74 Å². The number of hydrogen-bond donors (Lipinski definition) is 0. The zero-order valence-electron chi connectivity index (χ0n) is 18.2. The van der Waals surface area contributed by atoms with Crippen molar-refractivity contribution >= 4 is 17.1 Å². The van der Waals surface area contributed by atoms with Crippen molar-refractivity contribution in [1.82, 2.24) is 4.98 Å². The molecule has 160 valence electrons. The third kappa shape index (κ3) is 3.37. The largest absolute Gasteiger partial charge is 0.453 e. The fraction of sp³-hybridized carbons (Fsp3) is 0. The summed E-state index contributed by atoms with van der Waals surface area (Å²) in [6.45, 7) is 0. The van der Waals surface area contributed by atoms with Crippen molar-refractivity contribution in [3.05, 3.63) is 121 Å². The van der Waals surface area contributed by atoms with Crippen LogP contribution in [0.2, 0.25) is 0 Å². The Morgan fingerprint density at radius 1 is 0.647 bits per heavy atom. The summed E-state index contributed by atoms with van der Waals surface area (Å²) >= 11 is 0. The number of pyridine rings is 1. The topological polar surface area (TPSA) is 49.2 Å². The minimum Gasteiger partial charge on any atom is -0.453 e. The van der Waals surface area contributed by atoms with Gasteiger partial charge in [-0.15, -0.1) is 0 Å². The van der Waals surface area contributed by atoms with Crippen molar-refractivity contribution in [2.75, 3.05) is 4.90 Å². The van der Waals surface area contributed by atoms with E-state index in [9.17, 15) is 5.26 Å². The van der Waals surface area contributed by atoms with E-state index in [0.717, 1.165) is 45.3 Å². The molecule has 1 aromatic heterocycles. The molecule has 4 nitrogen and oxygen atoms in total. The van der Waals surface area contributed by atoms with E-state index in [1.807, 2.05) is 48.5 Å². The fourth-order valence-corrected chi connectivity index (χ4v) is 4.38. The lowest BCUT2D eigenvalue weighted by Crippen LogP contribution is -2.15. The van der Waals surface area contributed by atoms with Gasteiger partial charge in [0.15, 0.2) is 11.5 Å². The van der Waals surface area contributed by atoms with Gasteiger partial charge < -0.3 is 9.64 Å². The molecule has 34 heavy (non-hydrogen) atoms. The van der Waals surface area contributed by atoms with Crippen LogP contribution in [-0.2, 0) is 0 Å². The molecule has 6 rings (SSSR count). The number of aromatic nitrogens is 1. The van der Waals surface area contributed by atoms with Crippen LogP contribution in [0.4, 0.5) is 17.1 Å². The number of fused-ring (bicyclic) bond motifs is 2. The second-order valence-electron chi connectivity index (χ2n) is 8.02. The molecule has 4 heteroatoms. The van der Waals surface area contributed by atoms with Crippen LogP contribution in [0.3, 0.4) is 0 Å². The molecule has 4 aromatic carbocycles. The lowest BCUT2D eigenvalue weighted by atomic mass is 9.99. The standard InChI is InChI=1S/C30H19N3O/c31-20-24-11-7-17-32-30(24)23-10-5-8-21(18-23)22-9-6-12-25(19-22)33-26-13-1-3-15-28(26)34-29-16-4-2-14-27(29)33/h1-19H. The first kappa shape index (κ1) is 19.8. The van der Waals surface area contributed by atoms with Crippen LogP contribution in [0.15, 0.2) is 115 Å². The third-order valence-corrected chi connectivity index (χ3v) is 5.93. The quantitative estimate of drug-likeness (QED) is 0.283. The van der Waals surface area contributed by atoms with Crippen LogP contribution in [-0.4, -0.2) is 4.98 Å². The highest BCUT2D eigenvalue weighted by Gasteiger charge is 2.25. The van der Waals surface area contributed by atoms with Crippen molar-refractivity contribution < 1.29 is 4.74 Å². The van der Waals surface area contributed by atoms with Crippen LogP contribution >= 0.6 is 0 Å². The van der Waals surface area contributed by atoms with Crippen LogP contribution in [0, 0.1) is 11.3 Å². The molecule has 0 atom stereocenters. The Hall–Kier alpha value is -4.88. The molecule has 0 fully saturated rings. The highest BCUT2D eigenvalue weighted by molar-refractivity contribution is 5.87.